The van der Waals surface area contributed by atoms with Crippen LogP contribution in [-0.2, 0) is 4.79 Å². The van der Waals surface area contributed by atoms with Crippen molar-refractivity contribution in [1.29, 1.82) is 0 Å². The summed E-state index contributed by atoms with van der Waals surface area (Å²) in [6.07, 6.45) is 4.78. The maximum atomic E-state index is 10.9. The normalized spacial score (nSPS) is 12.2. The largest absolute Gasteiger partial charge is 0.347 e. The first-order valence-corrected chi connectivity index (χ1v) is 3.99. The topological polar surface area (TPSA) is 80.9 Å². The fraction of sp³-hybridized carbons (Fsp3) is 0.375. The van der Waals surface area contributed by atoms with Gasteiger partial charge in [-0.2, -0.15) is 0 Å². The van der Waals surface area contributed by atoms with Gasteiger partial charge in [0.1, 0.15) is 0 Å². The molecule has 0 aliphatic rings. The molecule has 0 radical (unpaired) electrons. The Balaban J connectivity index is 2.59. The van der Waals surface area contributed by atoms with Gasteiger partial charge in [0.15, 0.2) is 0 Å². The lowest BCUT2D eigenvalue weighted by molar-refractivity contribution is -0.120. The highest BCUT2D eigenvalue weighted by molar-refractivity contribution is 5.78. The molecule has 1 aromatic heterocycles. The Morgan fingerprint density at radius 1 is 1.69 bits per heavy atom. The highest BCUT2D eigenvalue weighted by Crippen LogP contribution is 2.05. The zero-order chi connectivity index (χ0) is 9.68. The monoisotopic (exact) mass is 180 g/mol. The van der Waals surface area contributed by atoms with E-state index in [2.05, 4.69) is 15.3 Å². The van der Waals surface area contributed by atoms with Gasteiger partial charge in [-0.1, -0.05) is 0 Å². The van der Waals surface area contributed by atoms with Crippen LogP contribution in [0.4, 0.5) is 0 Å². The van der Waals surface area contributed by atoms with Gasteiger partial charge in [0.05, 0.1) is 24.5 Å². The van der Waals surface area contributed by atoms with E-state index in [1.54, 1.807) is 18.6 Å². The van der Waals surface area contributed by atoms with Gasteiger partial charge < -0.3 is 11.1 Å². The standard InChI is InChI=1S/C8H12N4O/c1-6(12-8(13)4-9)7-5-10-2-3-11-7/h2-3,5-6H,4,9H2,1H3,(H,12,13). The molecule has 0 aromatic carbocycles. The van der Waals surface area contributed by atoms with E-state index in [0.29, 0.717) is 0 Å². The van der Waals surface area contributed by atoms with Crippen molar-refractivity contribution in [2.45, 2.75) is 13.0 Å². The van der Waals surface area contributed by atoms with Crippen LogP contribution in [0.15, 0.2) is 18.6 Å². The molecular weight excluding hydrogens is 168 g/mol. The van der Waals surface area contributed by atoms with Crippen molar-refractivity contribution in [3.8, 4) is 0 Å². The molecule has 0 saturated carbocycles. The summed E-state index contributed by atoms with van der Waals surface area (Å²) in [5.41, 5.74) is 5.88. The predicted octanol–water partition coefficient (Wildman–Crippen LogP) is -0.388. The lowest BCUT2D eigenvalue weighted by atomic mass is 10.2. The molecule has 5 heteroatoms. The average Bonchev–Trinajstić information content (AvgIpc) is 2.19. The minimum atomic E-state index is -0.196. The molecule has 0 aliphatic heterocycles. The molecule has 1 atom stereocenters. The van der Waals surface area contributed by atoms with E-state index in [4.69, 9.17) is 5.73 Å². The lowest BCUT2D eigenvalue weighted by Crippen LogP contribution is -2.32. The van der Waals surface area contributed by atoms with E-state index < -0.39 is 0 Å². The fourth-order valence-corrected chi connectivity index (χ4v) is 0.909. The molecule has 1 heterocycles. The minimum Gasteiger partial charge on any atom is -0.347 e. The maximum Gasteiger partial charge on any atom is 0.234 e. The van der Waals surface area contributed by atoms with E-state index >= 15 is 0 Å². The summed E-state index contributed by atoms with van der Waals surface area (Å²) in [6.45, 7) is 1.82. The van der Waals surface area contributed by atoms with Gasteiger partial charge in [0.2, 0.25) is 5.91 Å². The van der Waals surface area contributed by atoms with Crippen LogP contribution in [0.5, 0.6) is 0 Å². The number of amides is 1. The van der Waals surface area contributed by atoms with E-state index in [0.717, 1.165) is 5.69 Å². The van der Waals surface area contributed by atoms with Crippen LogP contribution in [0, 0.1) is 0 Å². The zero-order valence-electron chi connectivity index (χ0n) is 7.40. The fourth-order valence-electron chi connectivity index (χ4n) is 0.909. The van der Waals surface area contributed by atoms with E-state index in [1.807, 2.05) is 6.92 Å². The SMILES string of the molecule is CC(NC(=O)CN)c1cnccn1. The van der Waals surface area contributed by atoms with Crippen LogP contribution in [0.1, 0.15) is 18.7 Å². The molecule has 1 amide bonds. The van der Waals surface area contributed by atoms with Crippen LogP contribution in [-0.4, -0.2) is 22.4 Å². The zero-order valence-corrected chi connectivity index (χ0v) is 7.40. The summed E-state index contributed by atoms with van der Waals surface area (Å²) in [7, 11) is 0. The van der Waals surface area contributed by atoms with Crippen molar-refractivity contribution in [2.75, 3.05) is 6.54 Å². The summed E-state index contributed by atoms with van der Waals surface area (Å²) in [5, 5.41) is 2.68. The number of nitrogens with zero attached hydrogens (tertiary/aromatic N) is 2. The Bertz CT molecular complexity index is 275. The Morgan fingerprint density at radius 2 is 2.46 bits per heavy atom. The Labute approximate surface area is 76.4 Å². The number of nitrogens with one attached hydrogen (secondary N) is 1. The first-order valence-electron chi connectivity index (χ1n) is 3.99. The number of rotatable bonds is 3. The molecule has 0 saturated heterocycles. The van der Waals surface area contributed by atoms with E-state index in [1.165, 1.54) is 0 Å². The van der Waals surface area contributed by atoms with Crippen LogP contribution >= 0.6 is 0 Å². The Morgan fingerprint density at radius 3 is 3.00 bits per heavy atom. The molecule has 1 unspecified atom stereocenters. The number of nitrogens with two attached hydrogens (primary N) is 1. The third-order valence-electron chi connectivity index (χ3n) is 1.59. The van der Waals surface area contributed by atoms with E-state index in [9.17, 15) is 4.79 Å². The average molecular weight is 180 g/mol. The maximum absolute atomic E-state index is 10.9. The molecule has 0 aliphatic carbocycles. The van der Waals surface area contributed by atoms with Crippen LogP contribution < -0.4 is 11.1 Å². The number of aromatic nitrogens is 2. The Kier molecular flexibility index (Phi) is 3.33. The van der Waals surface area contributed by atoms with Crippen LogP contribution in [0.2, 0.25) is 0 Å². The molecule has 3 N–H and O–H groups in total. The van der Waals surface area contributed by atoms with Gasteiger partial charge in [-0.3, -0.25) is 14.8 Å². The van der Waals surface area contributed by atoms with Gasteiger partial charge in [0.25, 0.3) is 0 Å². The van der Waals surface area contributed by atoms with Gasteiger partial charge >= 0.3 is 0 Å². The molecule has 1 aromatic rings. The summed E-state index contributed by atoms with van der Waals surface area (Å²) < 4.78 is 0. The molecule has 13 heavy (non-hydrogen) atoms. The van der Waals surface area contributed by atoms with Crippen molar-refractivity contribution >= 4 is 5.91 Å². The molecule has 5 nitrogen and oxygen atoms in total. The number of hydrogen-bond acceptors (Lipinski definition) is 4. The van der Waals surface area contributed by atoms with Crippen molar-refractivity contribution in [2.24, 2.45) is 5.73 Å². The summed E-state index contributed by atoms with van der Waals surface area (Å²) in [4.78, 5) is 18.9. The van der Waals surface area contributed by atoms with Crippen molar-refractivity contribution in [3.63, 3.8) is 0 Å². The highest BCUT2D eigenvalue weighted by atomic mass is 16.1. The van der Waals surface area contributed by atoms with Gasteiger partial charge in [-0.15, -0.1) is 0 Å². The van der Waals surface area contributed by atoms with Crippen LogP contribution in [0.25, 0.3) is 0 Å². The van der Waals surface area contributed by atoms with Crippen molar-refractivity contribution in [1.82, 2.24) is 15.3 Å². The molecule has 0 fully saturated rings. The number of carbonyl (C=O) groups is 1. The van der Waals surface area contributed by atoms with Crippen molar-refractivity contribution in [3.05, 3.63) is 24.3 Å². The first kappa shape index (κ1) is 9.60. The van der Waals surface area contributed by atoms with Gasteiger partial charge in [-0.25, -0.2) is 0 Å². The van der Waals surface area contributed by atoms with E-state index in [-0.39, 0.29) is 18.5 Å². The second-order valence-corrected chi connectivity index (χ2v) is 2.62. The smallest absolute Gasteiger partial charge is 0.234 e. The van der Waals surface area contributed by atoms with Crippen molar-refractivity contribution < 1.29 is 4.79 Å². The van der Waals surface area contributed by atoms with Gasteiger partial charge in [0, 0.05) is 12.4 Å². The summed E-state index contributed by atoms with van der Waals surface area (Å²) in [6, 6.07) is -0.148. The first-order chi connectivity index (χ1) is 6.24. The summed E-state index contributed by atoms with van der Waals surface area (Å²) >= 11 is 0. The minimum absolute atomic E-state index is 0.00932. The Hall–Kier alpha value is -1.49. The van der Waals surface area contributed by atoms with Crippen LogP contribution in [0.3, 0.4) is 0 Å². The molecular formula is C8H12N4O. The summed E-state index contributed by atoms with van der Waals surface area (Å²) in [5.74, 6) is -0.196. The third kappa shape index (κ3) is 2.79. The highest BCUT2D eigenvalue weighted by Gasteiger charge is 2.08. The third-order valence-corrected chi connectivity index (χ3v) is 1.59. The molecule has 0 bridgehead atoms. The second kappa shape index (κ2) is 4.51. The molecule has 0 spiro atoms. The predicted molar refractivity (Wildman–Crippen MR) is 47.6 cm³/mol. The molecule has 70 valence electrons. The quantitative estimate of drug-likeness (QED) is 0.664. The lowest BCUT2D eigenvalue weighted by Gasteiger charge is -2.11. The number of carbonyl (C=O) groups excluding carboxylic acids is 1. The second-order valence-electron chi connectivity index (χ2n) is 2.62. The molecule has 1 rings (SSSR count). The van der Waals surface area contributed by atoms with Gasteiger partial charge in [-0.05, 0) is 6.92 Å². The number of hydrogen-bond donors (Lipinski definition) is 2.